The van der Waals surface area contributed by atoms with Crippen LogP contribution in [0, 0.1) is 15.9 Å². The minimum Gasteiger partial charge on any atom is -0.458 e. The minimum atomic E-state index is -0.670. The van der Waals surface area contributed by atoms with Gasteiger partial charge in [-0.1, -0.05) is 28.1 Å². The van der Waals surface area contributed by atoms with Crippen molar-refractivity contribution < 1.29 is 18.8 Å². The number of nitrogens with zero attached hydrogens (tertiary/aromatic N) is 1. The molecule has 0 saturated heterocycles. The number of ether oxygens (including phenoxy) is 1. The predicted molar refractivity (Wildman–Crippen MR) is 86.0 cm³/mol. The third kappa shape index (κ3) is 5.00. The minimum absolute atomic E-state index is 0.0784. The van der Waals surface area contributed by atoms with Gasteiger partial charge in [-0.3, -0.25) is 10.1 Å². The third-order valence-electron chi connectivity index (χ3n) is 2.86. The summed E-state index contributed by atoms with van der Waals surface area (Å²) in [5.41, 5.74) is 0.659. The molecule has 0 heterocycles. The monoisotopic (exact) mass is 379 g/mol. The van der Waals surface area contributed by atoms with Crippen LogP contribution in [0.1, 0.15) is 11.1 Å². The molecule has 23 heavy (non-hydrogen) atoms. The Bertz CT molecular complexity index is 776. The first kappa shape index (κ1) is 16.8. The molecule has 0 fully saturated rings. The molecular weight excluding hydrogens is 369 g/mol. The number of nitro groups is 1. The largest absolute Gasteiger partial charge is 0.458 e. The van der Waals surface area contributed by atoms with Gasteiger partial charge in [-0.15, -0.1) is 0 Å². The molecule has 0 aliphatic carbocycles. The second-order valence-corrected chi connectivity index (χ2v) is 5.45. The van der Waals surface area contributed by atoms with Gasteiger partial charge in [0.05, 0.1) is 4.92 Å². The molecule has 0 amide bonds. The van der Waals surface area contributed by atoms with E-state index in [9.17, 15) is 19.3 Å². The summed E-state index contributed by atoms with van der Waals surface area (Å²) < 4.78 is 19.2. The molecule has 0 saturated carbocycles. The Morgan fingerprint density at radius 2 is 2.09 bits per heavy atom. The van der Waals surface area contributed by atoms with E-state index >= 15 is 0 Å². The molecule has 0 radical (unpaired) electrons. The van der Waals surface area contributed by atoms with Crippen molar-refractivity contribution in [2.45, 2.75) is 6.61 Å². The number of carbonyl (C=O) groups excluding carboxylic acids is 1. The smallest absolute Gasteiger partial charge is 0.331 e. The van der Waals surface area contributed by atoms with Gasteiger partial charge in [-0.2, -0.15) is 0 Å². The first-order valence-electron chi connectivity index (χ1n) is 6.49. The molecule has 0 bridgehead atoms. The average Bonchev–Trinajstić information content (AvgIpc) is 2.54. The van der Waals surface area contributed by atoms with E-state index in [0.29, 0.717) is 10.0 Å². The summed E-state index contributed by atoms with van der Waals surface area (Å²) in [6.45, 7) is -0.105. The van der Waals surface area contributed by atoms with Crippen LogP contribution in [-0.2, 0) is 16.1 Å². The van der Waals surface area contributed by atoms with Gasteiger partial charge in [-0.25, -0.2) is 9.18 Å². The van der Waals surface area contributed by atoms with E-state index in [0.717, 1.165) is 6.08 Å². The van der Waals surface area contributed by atoms with Crippen molar-refractivity contribution in [1.82, 2.24) is 0 Å². The number of hydrogen-bond acceptors (Lipinski definition) is 4. The molecule has 0 spiro atoms. The first-order valence-corrected chi connectivity index (χ1v) is 7.28. The highest BCUT2D eigenvalue weighted by Gasteiger charge is 2.07. The van der Waals surface area contributed by atoms with Crippen molar-refractivity contribution in [2.24, 2.45) is 0 Å². The molecule has 0 aromatic heterocycles. The zero-order valence-electron chi connectivity index (χ0n) is 11.7. The Balaban J connectivity index is 1.97. The molecule has 0 N–H and O–H groups in total. The van der Waals surface area contributed by atoms with E-state index in [1.807, 2.05) is 0 Å². The van der Waals surface area contributed by atoms with Gasteiger partial charge < -0.3 is 4.74 Å². The lowest BCUT2D eigenvalue weighted by molar-refractivity contribution is -0.384. The maximum absolute atomic E-state index is 13.5. The number of halogens is 2. The summed E-state index contributed by atoms with van der Waals surface area (Å²) in [6, 6.07) is 10.1. The number of non-ortho nitro benzene ring substituents is 1. The molecule has 2 aromatic rings. The van der Waals surface area contributed by atoms with Crippen molar-refractivity contribution in [3.05, 3.63) is 80.1 Å². The summed E-state index contributed by atoms with van der Waals surface area (Å²) in [7, 11) is 0. The van der Waals surface area contributed by atoms with Crippen LogP contribution < -0.4 is 0 Å². The van der Waals surface area contributed by atoms with E-state index in [1.165, 1.54) is 36.4 Å². The Morgan fingerprint density at radius 1 is 1.30 bits per heavy atom. The summed E-state index contributed by atoms with van der Waals surface area (Å²) >= 11 is 3.21. The lowest BCUT2D eigenvalue weighted by atomic mass is 10.2. The van der Waals surface area contributed by atoms with E-state index < -0.39 is 16.7 Å². The summed E-state index contributed by atoms with van der Waals surface area (Å²) in [5.74, 6) is -1.13. The van der Waals surface area contributed by atoms with E-state index in [4.69, 9.17) is 4.74 Å². The van der Waals surface area contributed by atoms with Crippen LogP contribution in [-0.4, -0.2) is 10.9 Å². The van der Waals surface area contributed by atoms with Crippen molar-refractivity contribution in [3.8, 4) is 0 Å². The Morgan fingerprint density at radius 3 is 2.83 bits per heavy atom. The molecule has 0 aliphatic heterocycles. The third-order valence-corrected chi connectivity index (χ3v) is 3.35. The maximum atomic E-state index is 13.5. The normalized spacial score (nSPS) is 10.7. The number of esters is 1. The number of rotatable bonds is 5. The van der Waals surface area contributed by atoms with Gasteiger partial charge in [0.15, 0.2) is 0 Å². The lowest BCUT2D eigenvalue weighted by Gasteiger charge is -2.02. The van der Waals surface area contributed by atoms with Gasteiger partial charge in [0.2, 0.25) is 0 Å². The van der Waals surface area contributed by atoms with Crippen LogP contribution in [0.15, 0.2) is 53.0 Å². The van der Waals surface area contributed by atoms with Gasteiger partial charge in [0.1, 0.15) is 12.4 Å². The maximum Gasteiger partial charge on any atom is 0.331 e. The number of benzene rings is 2. The van der Waals surface area contributed by atoms with Crippen LogP contribution in [0.2, 0.25) is 0 Å². The van der Waals surface area contributed by atoms with Crippen LogP contribution in [0.5, 0.6) is 0 Å². The van der Waals surface area contributed by atoms with Gasteiger partial charge in [-0.05, 0) is 29.8 Å². The second kappa shape index (κ2) is 7.64. The molecule has 2 rings (SSSR count). The Labute approximate surface area is 139 Å². The highest BCUT2D eigenvalue weighted by atomic mass is 79.9. The molecule has 2 aromatic carbocycles. The van der Waals surface area contributed by atoms with Crippen molar-refractivity contribution in [1.29, 1.82) is 0 Å². The molecular formula is C16H11BrFNO4. The molecule has 0 unspecified atom stereocenters. The highest BCUT2D eigenvalue weighted by molar-refractivity contribution is 9.10. The number of hydrogen-bond donors (Lipinski definition) is 0. The van der Waals surface area contributed by atoms with Gasteiger partial charge in [0, 0.05) is 28.2 Å². The van der Waals surface area contributed by atoms with Crippen molar-refractivity contribution >= 4 is 33.7 Å². The second-order valence-electron chi connectivity index (χ2n) is 4.53. The molecule has 0 atom stereocenters. The van der Waals surface area contributed by atoms with E-state index in [2.05, 4.69) is 15.9 Å². The van der Waals surface area contributed by atoms with Crippen molar-refractivity contribution in [3.63, 3.8) is 0 Å². The highest BCUT2D eigenvalue weighted by Crippen LogP contribution is 2.17. The van der Waals surface area contributed by atoms with Crippen LogP contribution in [0.25, 0.3) is 6.08 Å². The predicted octanol–water partition coefficient (Wildman–Crippen LogP) is 4.25. The van der Waals surface area contributed by atoms with Crippen LogP contribution in [0.3, 0.4) is 0 Å². The van der Waals surface area contributed by atoms with Crippen molar-refractivity contribution in [2.75, 3.05) is 0 Å². The standard InChI is InChI=1S/C16H11BrFNO4/c17-13-5-6-15(18)12(9-13)4-7-16(20)23-10-11-2-1-3-14(8-11)19(21)22/h1-9H,10H2/b7-4+. The fourth-order valence-corrected chi connectivity index (χ4v) is 2.14. The van der Waals surface area contributed by atoms with Crippen LogP contribution in [0.4, 0.5) is 10.1 Å². The zero-order valence-corrected chi connectivity index (χ0v) is 13.3. The van der Waals surface area contributed by atoms with Crippen LogP contribution >= 0.6 is 15.9 Å². The number of carbonyl (C=O) groups is 1. The summed E-state index contributed by atoms with van der Waals surface area (Å²) in [4.78, 5) is 21.8. The average molecular weight is 380 g/mol. The topological polar surface area (TPSA) is 69.4 Å². The Hall–Kier alpha value is -2.54. The summed E-state index contributed by atoms with van der Waals surface area (Å²) in [6.07, 6.45) is 2.40. The van der Waals surface area contributed by atoms with Gasteiger partial charge >= 0.3 is 5.97 Å². The van der Waals surface area contributed by atoms with E-state index in [1.54, 1.807) is 12.1 Å². The quantitative estimate of drug-likeness (QED) is 0.337. The molecule has 118 valence electrons. The zero-order chi connectivity index (χ0) is 16.8. The van der Waals surface area contributed by atoms with Gasteiger partial charge in [0.25, 0.3) is 5.69 Å². The Kier molecular flexibility index (Phi) is 5.59. The molecule has 7 heteroatoms. The fraction of sp³-hybridized carbons (Fsp3) is 0.0625. The lowest BCUT2D eigenvalue weighted by Crippen LogP contribution is -2.01. The molecule has 0 aliphatic rings. The fourth-order valence-electron chi connectivity index (χ4n) is 1.76. The number of nitro benzene ring substituents is 1. The summed E-state index contributed by atoms with van der Waals surface area (Å²) in [5, 5.41) is 10.7. The SMILES string of the molecule is O=C(/C=C/c1cc(Br)ccc1F)OCc1cccc([N+](=O)[O-])c1. The first-order chi connectivity index (χ1) is 11.0. The molecule has 5 nitrogen and oxygen atoms in total. The van der Waals surface area contributed by atoms with E-state index in [-0.39, 0.29) is 17.9 Å².